The van der Waals surface area contributed by atoms with Crippen LogP contribution < -0.4 is 10.5 Å². The van der Waals surface area contributed by atoms with Crippen LogP contribution in [0, 0.1) is 11.3 Å². The van der Waals surface area contributed by atoms with Gasteiger partial charge >= 0.3 is 6.03 Å². The average molecular weight is 466 g/mol. The molecule has 0 saturated heterocycles. The van der Waals surface area contributed by atoms with Crippen LogP contribution in [-0.4, -0.2) is 37.6 Å². The SMILES string of the molecule is CC(C)c1cc(C#N)cc(C(C)C)c1NC(=O)N=S(N)(=O)C1SC(C(C)(C)O)=CN1C. The second-order valence-electron chi connectivity index (χ2n) is 8.73. The van der Waals surface area contributed by atoms with Gasteiger partial charge in [-0.05, 0) is 48.9 Å². The van der Waals surface area contributed by atoms with E-state index < -0.39 is 26.3 Å². The Hall–Kier alpha value is -2.06. The molecule has 1 aromatic carbocycles. The number of rotatable bonds is 5. The number of nitrogens with zero attached hydrogens (tertiary/aromatic N) is 3. The van der Waals surface area contributed by atoms with E-state index in [-0.39, 0.29) is 11.8 Å². The number of hydrogen-bond acceptors (Lipinski definition) is 6. The van der Waals surface area contributed by atoms with Gasteiger partial charge in [0.2, 0.25) is 0 Å². The molecule has 0 fully saturated rings. The van der Waals surface area contributed by atoms with Gasteiger partial charge < -0.3 is 15.3 Å². The van der Waals surface area contributed by atoms with Crippen LogP contribution in [0.5, 0.6) is 0 Å². The Morgan fingerprint density at radius 2 is 1.84 bits per heavy atom. The minimum absolute atomic E-state index is 0.0402. The molecule has 2 rings (SSSR count). The van der Waals surface area contributed by atoms with Crippen molar-refractivity contribution in [1.82, 2.24) is 4.90 Å². The summed E-state index contributed by atoms with van der Waals surface area (Å²) in [4.78, 5) is 15.0. The molecule has 0 spiro atoms. The Labute approximate surface area is 189 Å². The van der Waals surface area contributed by atoms with Crippen molar-refractivity contribution in [3.63, 3.8) is 0 Å². The predicted molar refractivity (Wildman–Crippen MR) is 127 cm³/mol. The molecule has 1 heterocycles. The van der Waals surface area contributed by atoms with Gasteiger partial charge in [0.1, 0.15) is 9.92 Å². The molecular weight excluding hydrogens is 434 g/mol. The van der Waals surface area contributed by atoms with Crippen molar-refractivity contribution >= 4 is 33.4 Å². The molecule has 31 heavy (non-hydrogen) atoms. The van der Waals surface area contributed by atoms with Gasteiger partial charge in [0.15, 0.2) is 4.71 Å². The zero-order chi connectivity index (χ0) is 23.7. The highest BCUT2D eigenvalue weighted by Crippen LogP contribution is 2.40. The van der Waals surface area contributed by atoms with E-state index in [9.17, 15) is 19.4 Å². The lowest BCUT2D eigenvalue weighted by atomic mass is 9.90. The third kappa shape index (κ3) is 5.80. The first-order valence-electron chi connectivity index (χ1n) is 9.93. The van der Waals surface area contributed by atoms with Crippen LogP contribution in [0.15, 0.2) is 27.6 Å². The molecule has 2 atom stereocenters. The van der Waals surface area contributed by atoms with Gasteiger partial charge in [-0.3, -0.25) is 0 Å². The van der Waals surface area contributed by atoms with Crippen molar-refractivity contribution in [1.29, 1.82) is 5.26 Å². The fourth-order valence-corrected chi connectivity index (χ4v) is 6.07. The first-order valence-corrected chi connectivity index (χ1v) is 12.5. The molecule has 0 radical (unpaired) electrons. The van der Waals surface area contributed by atoms with Crippen LogP contribution >= 0.6 is 11.8 Å². The van der Waals surface area contributed by atoms with E-state index in [0.29, 0.717) is 16.2 Å². The topological polar surface area (TPSA) is 132 Å². The van der Waals surface area contributed by atoms with Crippen molar-refractivity contribution < 1.29 is 14.1 Å². The Morgan fingerprint density at radius 1 is 1.32 bits per heavy atom. The van der Waals surface area contributed by atoms with E-state index in [1.54, 1.807) is 44.1 Å². The molecule has 8 nitrogen and oxygen atoms in total. The largest absolute Gasteiger partial charge is 0.385 e. The summed E-state index contributed by atoms with van der Waals surface area (Å²) in [6.07, 6.45) is 1.66. The van der Waals surface area contributed by atoms with Crippen LogP contribution in [0.3, 0.4) is 0 Å². The van der Waals surface area contributed by atoms with Gasteiger partial charge in [-0.15, -0.1) is 4.36 Å². The van der Waals surface area contributed by atoms with E-state index in [4.69, 9.17) is 5.14 Å². The molecule has 1 aliphatic rings. The van der Waals surface area contributed by atoms with Gasteiger partial charge in [0, 0.05) is 23.8 Å². The summed E-state index contributed by atoms with van der Waals surface area (Å²) in [5.74, 6) is 0.0804. The molecule has 1 aliphatic heterocycles. The monoisotopic (exact) mass is 465 g/mol. The summed E-state index contributed by atoms with van der Waals surface area (Å²) in [5, 5.41) is 28.3. The number of nitrogens with one attached hydrogen (secondary N) is 1. The van der Waals surface area contributed by atoms with Gasteiger partial charge in [0.25, 0.3) is 0 Å². The number of hydrogen-bond donors (Lipinski definition) is 3. The van der Waals surface area contributed by atoms with E-state index in [1.807, 2.05) is 27.7 Å². The number of carbonyl (C=O) groups excluding carboxylic acids is 1. The summed E-state index contributed by atoms with van der Waals surface area (Å²) in [6, 6.07) is 4.83. The quantitative estimate of drug-likeness (QED) is 0.595. The summed E-state index contributed by atoms with van der Waals surface area (Å²) in [6.45, 7) is 11.1. The number of nitriles is 1. The molecule has 170 valence electrons. The molecule has 4 N–H and O–H groups in total. The molecule has 2 amide bonds. The minimum Gasteiger partial charge on any atom is -0.385 e. The first kappa shape index (κ1) is 25.2. The lowest BCUT2D eigenvalue weighted by Crippen LogP contribution is -2.35. The van der Waals surface area contributed by atoms with Gasteiger partial charge in [0.05, 0.1) is 17.2 Å². The smallest absolute Gasteiger partial charge is 0.354 e. The maximum absolute atomic E-state index is 13.1. The summed E-state index contributed by atoms with van der Waals surface area (Å²) in [7, 11) is -1.79. The van der Waals surface area contributed by atoms with Crippen molar-refractivity contribution in [2.45, 2.75) is 63.7 Å². The number of benzene rings is 1. The molecule has 0 aliphatic carbocycles. The highest BCUT2D eigenvalue weighted by molar-refractivity contribution is 8.15. The maximum atomic E-state index is 13.1. The zero-order valence-electron chi connectivity index (χ0n) is 19.0. The van der Waals surface area contributed by atoms with Crippen LogP contribution in [0.2, 0.25) is 0 Å². The fraction of sp³-hybridized carbons (Fsp3) is 0.524. The van der Waals surface area contributed by atoms with Gasteiger partial charge in [-0.2, -0.15) is 5.26 Å². The molecule has 1 aromatic rings. The molecule has 0 saturated carbocycles. The molecule has 0 aromatic heterocycles. The standard InChI is InChI=1S/C21H31N5O3S2/c1-12(2)15-8-14(10-22)9-16(13(3)4)18(15)24-19(27)25-31(23,29)20-26(7)11-17(30-20)21(5,6)28/h8-9,11-13,20,28H,1-7H3,(H3,23,24,25,27,29). The van der Waals surface area contributed by atoms with Crippen molar-refractivity contribution in [3.05, 3.63) is 39.9 Å². The van der Waals surface area contributed by atoms with Crippen LogP contribution in [0.25, 0.3) is 0 Å². The Kier molecular flexibility index (Phi) is 7.48. The maximum Gasteiger partial charge on any atom is 0.354 e. The highest BCUT2D eigenvalue weighted by Gasteiger charge is 2.36. The summed E-state index contributed by atoms with van der Waals surface area (Å²) >= 11 is 1.13. The number of aliphatic hydroxyl groups is 1. The number of thioether (sulfide) groups is 1. The third-order valence-electron chi connectivity index (χ3n) is 4.80. The lowest BCUT2D eigenvalue weighted by molar-refractivity contribution is 0.128. The number of anilines is 1. The average Bonchev–Trinajstić information content (AvgIpc) is 3.04. The minimum atomic E-state index is -3.46. The van der Waals surface area contributed by atoms with Crippen LogP contribution in [-0.2, 0) is 9.92 Å². The Bertz CT molecular complexity index is 1030. The van der Waals surface area contributed by atoms with E-state index >= 15 is 0 Å². The van der Waals surface area contributed by atoms with Gasteiger partial charge in [-0.1, -0.05) is 39.5 Å². The highest BCUT2D eigenvalue weighted by atomic mass is 32.3. The number of carbonyl (C=O) groups is 1. The number of nitrogens with two attached hydrogens (primary N) is 1. The second kappa shape index (κ2) is 9.20. The van der Waals surface area contributed by atoms with Crippen molar-refractivity contribution in [2.75, 3.05) is 12.4 Å². The fourth-order valence-electron chi connectivity index (χ4n) is 3.19. The van der Waals surface area contributed by atoms with Crippen LogP contribution in [0.4, 0.5) is 10.5 Å². The normalized spacial score (nSPS) is 18.6. The Balaban J connectivity index is 2.41. The summed E-state index contributed by atoms with van der Waals surface area (Å²) < 4.78 is 16.1. The van der Waals surface area contributed by atoms with E-state index in [2.05, 4.69) is 15.7 Å². The van der Waals surface area contributed by atoms with E-state index in [1.165, 1.54) is 0 Å². The van der Waals surface area contributed by atoms with Crippen molar-refractivity contribution in [3.8, 4) is 6.07 Å². The summed E-state index contributed by atoms with van der Waals surface area (Å²) in [5.41, 5.74) is 1.56. The molecule has 0 bridgehead atoms. The van der Waals surface area contributed by atoms with E-state index in [0.717, 1.165) is 22.9 Å². The molecule has 2 unspecified atom stereocenters. The Morgan fingerprint density at radius 3 is 2.23 bits per heavy atom. The second-order valence-corrected chi connectivity index (χ2v) is 12.0. The third-order valence-corrected chi connectivity index (χ3v) is 8.67. The van der Waals surface area contributed by atoms with Crippen LogP contribution in [0.1, 0.15) is 70.1 Å². The zero-order valence-corrected chi connectivity index (χ0v) is 20.6. The van der Waals surface area contributed by atoms with Gasteiger partial charge in [-0.25, -0.2) is 14.1 Å². The predicted octanol–water partition coefficient (Wildman–Crippen LogP) is 4.25. The first-order chi connectivity index (χ1) is 14.2. The number of urea groups is 1. The molecule has 10 heteroatoms. The number of amides is 2. The van der Waals surface area contributed by atoms with Crippen molar-refractivity contribution in [2.24, 2.45) is 9.50 Å². The molecular formula is C21H31N5O3S2. The lowest BCUT2D eigenvalue weighted by Gasteiger charge is -2.22.